The van der Waals surface area contributed by atoms with Gasteiger partial charge in [-0.15, -0.1) is 0 Å². The van der Waals surface area contributed by atoms with E-state index < -0.39 is 0 Å². The molecule has 0 spiro atoms. The molecule has 0 aliphatic rings. The normalized spacial score (nSPS) is 10.6. The van der Waals surface area contributed by atoms with Crippen LogP contribution in [-0.2, 0) is 13.0 Å². The van der Waals surface area contributed by atoms with Gasteiger partial charge >= 0.3 is 0 Å². The molecule has 0 aliphatic carbocycles. The minimum atomic E-state index is 0.766. The molecule has 0 amide bonds. The van der Waals surface area contributed by atoms with E-state index in [0.29, 0.717) is 0 Å². The van der Waals surface area contributed by atoms with Crippen molar-refractivity contribution in [2.45, 2.75) is 26.3 Å². The number of hydrogen-bond acceptors (Lipinski definition) is 3. The van der Waals surface area contributed by atoms with Gasteiger partial charge < -0.3 is 5.32 Å². The van der Waals surface area contributed by atoms with E-state index in [-0.39, 0.29) is 0 Å². The van der Waals surface area contributed by atoms with Gasteiger partial charge in [0.2, 0.25) is 0 Å². The van der Waals surface area contributed by atoms with Crippen LogP contribution in [0.25, 0.3) is 0 Å². The molecule has 0 bridgehead atoms. The summed E-state index contributed by atoms with van der Waals surface area (Å²) in [6, 6.07) is 8.24. The van der Waals surface area contributed by atoms with Gasteiger partial charge in [-0.3, -0.25) is 0 Å². The van der Waals surface area contributed by atoms with Crippen LogP contribution in [0, 0.1) is 0 Å². The number of hydrogen-bond donors (Lipinski definition) is 1. The molecule has 1 N–H and O–H groups in total. The van der Waals surface area contributed by atoms with Crippen LogP contribution in [0.2, 0.25) is 0 Å². The third-order valence-corrected chi connectivity index (χ3v) is 3.26. The number of nitrogens with zero attached hydrogens (tertiary/aromatic N) is 2. The summed E-state index contributed by atoms with van der Waals surface area (Å²) in [6.45, 7) is 4.02. The topological polar surface area (TPSA) is 37.8 Å². The fourth-order valence-electron chi connectivity index (χ4n) is 1.80. The van der Waals surface area contributed by atoms with Gasteiger partial charge in [-0.1, -0.05) is 35.0 Å². The Bertz CT molecular complexity index is 511. The third kappa shape index (κ3) is 4.73. The van der Waals surface area contributed by atoms with Crippen LogP contribution >= 0.6 is 15.9 Å². The first-order valence-electron chi connectivity index (χ1n) is 6.53. The molecule has 1 aromatic heterocycles. The van der Waals surface area contributed by atoms with Crippen molar-refractivity contribution in [1.29, 1.82) is 0 Å². The molecule has 4 heteroatoms. The van der Waals surface area contributed by atoms with Gasteiger partial charge in [0.15, 0.2) is 0 Å². The van der Waals surface area contributed by atoms with E-state index in [9.17, 15) is 0 Å². The van der Waals surface area contributed by atoms with Crippen molar-refractivity contribution in [2.75, 3.05) is 6.54 Å². The third-order valence-electron chi connectivity index (χ3n) is 2.77. The Hall–Kier alpha value is -1.26. The predicted molar refractivity (Wildman–Crippen MR) is 81.0 cm³/mol. The smallest absolute Gasteiger partial charge is 0.132 e. The van der Waals surface area contributed by atoms with Crippen molar-refractivity contribution in [2.24, 2.45) is 0 Å². The minimum Gasteiger partial charge on any atom is -0.313 e. The van der Waals surface area contributed by atoms with Gasteiger partial charge in [-0.25, -0.2) is 9.97 Å². The molecule has 100 valence electrons. The van der Waals surface area contributed by atoms with Crippen molar-refractivity contribution in [3.63, 3.8) is 0 Å². The molecule has 0 saturated carbocycles. The van der Waals surface area contributed by atoms with Gasteiger partial charge in [0.25, 0.3) is 0 Å². The van der Waals surface area contributed by atoms with E-state index >= 15 is 0 Å². The second-order valence-corrected chi connectivity index (χ2v) is 5.41. The molecule has 0 radical (unpaired) electrons. The Morgan fingerprint density at radius 3 is 2.63 bits per heavy atom. The van der Waals surface area contributed by atoms with Crippen molar-refractivity contribution in [3.05, 3.63) is 58.1 Å². The zero-order chi connectivity index (χ0) is 13.5. The number of halogens is 1. The fourth-order valence-corrected chi connectivity index (χ4v) is 2.25. The Morgan fingerprint density at radius 2 is 1.95 bits per heavy atom. The van der Waals surface area contributed by atoms with Gasteiger partial charge in [0.05, 0.1) is 0 Å². The summed E-state index contributed by atoms with van der Waals surface area (Å²) in [5.74, 6) is 0.859. The van der Waals surface area contributed by atoms with E-state index in [1.54, 1.807) is 0 Å². The van der Waals surface area contributed by atoms with Crippen LogP contribution in [0.1, 0.15) is 30.3 Å². The van der Waals surface area contributed by atoms with Gasteiger partial charge in [-0.2, -0.15) is 0 Å². The predicted octanol–water partition coefficient (Wildman–Crippen LogP) is 3.33. The number of aromatic nitrogens is 2. The second kappa shape index (κ2) is 7.36. The second-order valence-electron chi connectivity index (χ2n) is 4.49. The number of rotatable bonds is 6. The Labute approximate surface area is 122 Å². The zero-order valence-corrected chi connectivity index (χ0v) is 12.7. The highest BCUT2D eigenvalue weighted by Crippen LogP contribution is 2.13. The largest absolute Gasteiger partial charge is 0.313 e. The average molecular weight is 320 g/mol. The molecule has 0 aliphatic heterocycles. The molecule has 0 unspecified atom stereocenters. The highest BCUT2D eigenvalue weighted by molar-refractivity contribution is 9.10. The molecule has 0 fully saturated rings. The van der Waals surface area contributed by atoms with Crippen LogP contribution in [-0.4, -0.2) is 16.5 Å². The quantitative estimate of drug-likeness (QED) is 0.830. The Kier molecular flexibility index (Phi) is 5.48. The van der Waals surface area contributed by atoms with Crippen LogP contribution in [0.5, 0.6) is 0 Å². The summed E-state index contributed by atoms with van der Waals surface area (Å²) < 4.78 is 1.09. The summed E-state index contributed by atoms with van der Waals surface area (Å²) >= 11 is 3.47. The maximum atomic E-state index is 4.42. The maximum absolute atomic E-state index is 4.42. The summed E-state index contributed by atoms with van der Waals surface area (Å²) in [5, 5.41) is 3.34. The van der Waals surface area contributed by atoms with E-state index in [2.05, 4.69) is 50.3 Å². The molecule has 19 heavy (non-hydrogen) atoms. The van der Waals surface area contributed by atoms with Crippen LogP contribution in [0.4, 0.5) is 0 Å². The zero-order valence-electron chi connectivity index (χ0n) is 11.1. The van der Waals surface area contributed by atoms with Gasteiger partial charge in [-0.05, 0) is 30.7 Å². The lowest BCUT2D eigenvalue weighted by atomic mass is 10.1. The number of nitrogens with one attached hydrogen (secondary N) is 1. The summed E-state index contributed by atoms with van der Waals surface area (Å²) in [6.07, 6.45) is 5.72. The first-order chi connectivity index (χ1) is 9.28. The van der Waals surface area contributed by atoms with E-state index in [1.807, 2.05) is 24.5 Å². The van der Waals surface area contributed by atoms with Gasteiger partial charge in [0, 0.05) is 35.4 Å². The summed E-state index contributed by atoms with van der Waals surface area (Å²) in [5.41, 5.74) is 2.35. The van der Waals surface area contributed by atoms with E-state index in [4.69, 9.17) is 0 Å². The average Bonchev–Trinajstić information content (AvgIpc) is 2.41. The molecular formula is C15H18BrN3. The Morgan fingerprint density at radius 1 is 1.16 bits per heavy atom. The molecule has 0 atom stereocenters. The molecule has 2 aromatic rings. The summed E-state index contributed by atoms with van der Waals surface area (Å²) in [4.78, 5) is 8.83. The molecule has 3 nitrogen and oxygen atoms in total. The lowest BCUT2D eigenvalue weighted by Crippen LogP contribution is -2.14. The lowest BCUT2D eigenvalue weighted by molar-refractivity contribution is 0.670. The highest BCUT2D eigenvalue weighted by Gasteiger charge is 2.00. The minimum absolute atomic E-state index is 0.766. The van der Waals surface area contributed by atoms with E-state index in [0.717, 1.165) is 41.8 Å². The Balaban J connectivity index is 1.95. The lowest BCUT2D eigenvalue weighted by Gasteiger charge is -2.04. The molecule has 0 saturated heterocycles. The monoisotopic (exact) mass is 319 g/mol. The standard InChI is InChI=1S/C15H18BrN3/c1-2-6-17-9-13-10-18-15(19-11-13)8-12-4-3-5-14(16)7-12/h3-5,7,10-11,17H,2,6,8-9H2,1H3. The maximum Gasteiger partial charge on any atom is 0.132 e. The van der Waals surface area contributed by atoms with Crippen molar-refractivity contribution in [1.82, 2.24) is 15.3 Å². The summed E-state index contributed by atoms with van der Waals surface area (Å²) in [7, 11) is 0. The number of benzene rings is 1. The van der Waals surface area contributed by atoms with Crippen LogP contribution < -0.4 is 5.32 Å². The van der Waals surface area contributed by atoms with E-state index in [1.165, 1.54) is 5.56 Å². The van der Waals surface area contributed by atoms with Crippen LogP contribution in [0.15, 0.2) is 41.1 Å². The molecule has 2 rings (SSSR count). The molecular weight excluding hydrogens is 302 g/mol. The molecule has 1 aromatic carbocycles. The van der Waals surface area contributed by atoms with Crippen molar-refractivity contribution >= 4 is 15.9 Å². The highest BCUT2D eigenvalue weighted by atomic mass is 79.9. The first kappa shape index (κ1) is 14.2. The molecule has 1 heterocycles. The van der Waals surface area contributed by atoms with Crippen LogP contribution in [0.3, 0.4) is 0 Å². The van der Waals surface area contributed by atoms with Crippen molar-refractivity contribution in [3.8, 4) is 0 Å². The first-order valence-corrected chi connectivity index (χ1v) is 7.32. The van der Waals surface area contributed by atoms with Gasteiger partial charge in [0.1, 0.15) is 5.82 Å². The fraction of sp³-hybridized carbons (Fsp3) is 0.333. The SMILES string of the molecule is CCCNCc1cnc(Cc2cccc(Br)c2)nc1. The van der Waals surface area contributed by atoms with Crippen molar-refractivity contribution < 1.29 is 0 Å².